The molecule has 2 N–H and O–H groups in total. The molecule has 1 aromatic heterocycles. The normalized spacial score (nSPS) is 11.1. The Morgan fingerprint density at radius 2 is 2.28 bits per heavy atom. The Morgan fingerprint density at radius 1 is 1.67 bits per heavy atom. The summed E-state index contributed by atoms with van der Waals surface area (Å²) in [4.78, 5) is 25.0. The molecule has 0 aromatic carbocycles. The van der Waals surface area contributed by atoms with Gasteiger partial charge in [-0.2, -0.15) is 0 Å². The smallest absolute Gasteiger partial charge is 0.312 e. The van der Waals surface area contributed by atoms with Crippen LogP contribution in [0.25, 0.3) is 0 Å². The fourth-order valence-electron chi connectivity index (χ4n) is 1.08. The number of halogens is 1. The topological polar surface area (TPSA) is 105 Å². The maximum Gasteiger partial charge on any atom is 0.312 e. The summed E-state index contributed by atoms with van der Waals surface area (Å²) in [5, 5.41) is 22.4. The number of anilines is 1. The number of carboxylic acids is 1. The first-order chi connectivity index (χ1) is 8.24. The van der Waals surface area contributed by atoms with Crippen molar-refractivity contribution in [2.45, 2.75) is 13.8 Å². The number of pyridine rings is 1. The number of aromatic nitrogens is 1. The zero-order valence-electron chi connectivity index (χ0n) is 9.81. The Morgan fingerprint density at radius 3 is 2.78 bits per heavy atom. The van der Waals surface area contributed by atoms with Crippen LogP contribution < -0.4 is 5.32 Å². The molecule has 0 aliphatic heterocycles. The van der Waals surface area contributed by atoms with E-state index < -0.39 is 16.3 Å². The van der Waals surface area contributed by atoms with Crippen LogP contribution in [0.5, 0.6) is 0 Å². The SMILES string of the molecule is CC(C)(CNc1ncc(Br)cc1[N+](=O)[O-])C(=O)O. The lowest BCUT2D eigenvalue weighted by atomic mass is 9.94. The molecule has 7 nitrogen and oxygen atoms in total. The lowest BCUT2D eigenvalue weighted by molar-refractivity contribution is -0.384. The van der Waals surface area contributed by atoms with Crippen molar-refractivity contribution in [1.82, 2.24) is 4.98 Å². The number of nitrogens with zero attached hydrogens (tertiary/aromatic N) is 2. The van der Waals surface area contributed by atoms with Crippen LogP contribution in [0.3, 0.4) is 0 Å². The number of rotatable bonds is 5. The van der Waals surface area contributed by atoms with Crippen LogP contribution >= 0.6 is 15.9 Å². The molecule has 0 unspecified atom stereocenters. The van der Waals surface area contributed by atoms with E-state index in [0.717, 1.165) is 0 Å². The number of hydrogen-bond donors (Lipinski definition) is 2. The number of hydrogen-bond acceptors (Lipinski definition) is 5. The Bertz CT molecular complexity index is 490. The van der Waals surface area contributed by atoms with Crippen molar-refractivity contribution in [3.05, 3.63) is 26.9 Å². The van der Waals surface area contributed by atoms with Crippen molar-refractivity contribution in [2.24, 2.45) is 5.41 Å². The summed E-state index contributed by atoms with van der Waals surface area (Å²) in [6.07, 6.45) is 1.41. The number of nitro groups is 1. The summed E-state index contributed by atoms with van der Waals surface area (Å²) < 4.78 is 0.484. The summed E-state index contributed by atoms with van der Waals surface area (Å²) in [7, 11) is 0. The van der Waals surface area contributed by atoms with Gasteiger partial charge in [-0.3, -0.25) is 14.9 Å². The molecule has 1 rings (SSSR count). The van der Waals surface area contributed by atoms with Crippen molar-refractivity contribution in [1.29, 1.82) is 0 Å². The van der Waals surface area contributed by atoms with Crippen LogP contribution in [0.1, 0.15) is 13.8 Å². The molecule has 8 heteroatoms. The number of nitrogens with one attached hydrogen (secondary N) is 1. The van der Waals surface area contributed by atoms with Gasteiger partial charge in [0.25, 0.3) is 0 Å². The van der Waals surface area contributed by atoms with E-state index >= 15 is 0 Å². The molecule has 98 valence electrons. The Balaban J connectivity index is 2.92. The van der Waals surface area contributed by atoms with Gasteiger partial charge in [0.1, 0.15) is 0 Å². The number of carbonyl (C=O) groups is 1. The number of aliphatic carboxylic acids is 1. The lowest BCUT2D eigenvalue weighted by Gasteiger charge is -2.19. The Hall–Kier alpha value is -1.70. The molecule has 0 fully saturated rings. The molecule has 0 radical (unpaired) electrons. The minimum absolute atomic E-state index is 0.0395. The molecule has 0 bridgehead atoms. The van der Waals surface area contributed by atoms with Gasteiger partial charge in [0.05, 0.1) is 10.3 Å². The average Bonchev–Trinajstić information content (AvgIpc) is 2.27. The predicted molar refractivity (Wildman–Crippen MR) is 68.5 cm³/mol. The highest BCUT2D eigenvalue weighted by molar-refractivity contribution is 9.10. The standard InChI is InChI=1S/C10H12BrN3O4/c1-10(2,9(15)16)5-13-8-7(14(17)18)3-6(11)4-12-8/h3-4H,5H2,1-2H3,(H,12,13)(H,15,16). The monoisotopic (exact) mass is 317 g/mol. The van der Waals surface area contributed by atoms with E-state index in [4.69, 9.17) is 5.11 Å². The molecule has 0 atom stereocenters. The Kier molecular flexibility index (Phi) is 4.23. The highest BCUT2D eigenvalue weighted by Gasteiger charge is 2.28. The summed E-state index contributed by atoms with van der Waals surface area (Å²) >= 11 is 3.09. The minimum atomic E-state index is -1.04. The third kappa shape index (κ3) is 3.39. The summed E-state index contributed by atoms with van der Waals surface area (Å²) in [5.41, 5.74) is -1.24. The van der Waals surface area contributed by atoms with Gasteiger partial charge in [0, 0.05) is 23.3 Å². The minimum Gasteiger partial charge on any atom is -0.481 e. The van der Waals surface area contributed by atoms with Crippen LogP contribution in [0.4, 0.5) is 11.5 Å². The fraction of sp³-hybridized carbons (Fsp3) is 0.400. The highest BCUT2D eigenvalue weighted by Crippen LogP contribution is 2.26. The van der Waals surface area contributed by atoms with E-state index in [1.54, 1.807) is 0 Å². The molecule has 18 heavy (non-hydrogen) atoms. The predicted octanol–water partition coefficient (Wildman–Crippen LogP) is 2.27. The summed E-state index contributed by atoms with van der Waals surface area (Å²) in [5.74, 6) is -0.938. The second-order valence-corrected chi connectivity index (χ2v) is 5.24. The largest absolute Gasteiger partial charge is 0.481 e. The second kappa shape index (κ2) is 5.30. The third-order valence-electron chi connectivity index (χ3n) is 2.31. The first-order valence-electron chi connectivity index (χ1n) is 5.01. The van der Waals surface area contributed by atoms with Crippen molar-refractivity contribution >= 4 is 33.4 Å². The molecule has 0 saturated heterocycles. The maximum absolute atomic E-state index is 10.9. The molecule has 0 aliphatic rings. The van der Waals surface area contributed by atoms with E-state index in [9.17, 15) is 14.9 Å². The highest BCUT2D eigenvalue weighted by atomic mass is 79.9. The first-order valence-corrected chi connectivity index (χ1v) is 5.80. The summed E-state index contributed by atoms with van der Waals surface area (Å²) in [6, 6.07) is 1.31. The van der Waals surface area contributed by atoms with Crippen LogP contribution in [0, 0.1) is 15.5 Å². The molecule has 1 heterocycles. The van der Waals surface area contributed by atoms with Crippen molar-refractivity contribution < 1.29 is 14.8 Å². The zero-order chi connectivity index (χ0) is 13.9. The van der Waals surface area contributed by atoms with Gasteiger partial charge in [-0.05, 0) is 29.8 Å². The van der Waals surface area contributed by atoms with E-state index in [1.165, 1.54) is 26.1 Å². The maximum atomic E-state index is 10.9. The van der Waals surface area contributed by atoms with Crippen LogP contribution in [-0.4, -0.2) is 27.5 Å². The van der Waals surface area contributed by atoms with E-state index in [1.807, 2.05) is 0 Å². The average molecular weight is 318 g/mol. The fourth-order valence-corrected chi connectivity index (χ4v) is 1.40. The van der Waals surface area contributed by atoms with Crippen molar-refractivity contribution in [3.63, 3.8) is 0 Å². The summed E-state index contributed by atoms with van der Waals surface area (Å²) in [6.45, 7) is 3.08. The van der Waals surface area contributed by atoms with Crippen LogP contribution in [-0.2, 0) is 4.79 Å². The second-order valence-electron chi connectivity index (χ2n) is 4.32. The van der Waals surface area contributed by atoms with Gasteiger partial charge in [0.2, 0.25) is 5.82 Å². The zero-order valence-corrected chi connectivity index (χ0v) is 11.4. The van der Waals surface area contributed by atoms with Gasteiger partial charge >= 0.3 is 11.7 Å². The van der Waals surface area contributed by atoms with E-state index in [-0.39, 0.29) is 18.1 Å². The van der Waals surface area contributed by atoms with Crippen LogP contribution in [0.2, 0.25) is 0 Å². The molecule has 1 aromatic rings. The molecular formula is C10H12BrN3O4. The van der Waals surface area contributed by atoms with E-state index in [2.05, 4.69) is 26.2 Å². The Labute approximate surface area is 112 Å². The van der Waals surface area contributed by atoms with E-state index in [0.29, 0.717) is 4.47 Å². The molecule has 0 aliphatic carbocycles. The van der Waals surface area contributed by atoms with Gasteiger partial charge in [0.15, 0.2) is 0 Å². The quantitative estimate of drug-likeness (QED) is 0.637. The van der Waals surface area contributed by atoms with Gasteiger partial charge < -0.3 is 10.4 Å². The van der Waals surface area contributed by atoms with Crippen molar-refractivity contribution in [2.75, 3.05) is 11.9 Å². The van der Waals surface area contributed by atoms with Gasteiger partial charge in [-0.15, -0.1) is 0 Å². The lowest BCUT2D eigenvalue weighted by Crippen LogP contribution is -2.32. The molecule has 0 amide bonds. The number of carboxylic acid groups (broad SMARTS) is 1. The van der Waals surface area contributed by atoms with Gasteiger partial charge in [-0.25, -0.2) is 4.98 Å². The molecule has 0 saturated carbocycles. The van der Waals surface area contributed by atoms with Crippen molar-refractivity contribution in [3.8, 4) is 0 Å². The molecule has 0 spiro atoms. The third-order valence-corrected chi connectivity index (χ3v) is 2.74. The van der Waals surface area contributed by atoms with Gasteiger partial charge in [-0.1, -0.05) is 0 Å². The van der Waals surface area contributed by atoms with Crippen LogP contribution in [0.15, 0.2) is 16.7 Å². The first kappa shape index (κ1) is 14.4. The molecular weight excluding hydrogens is 306 g/mol.